The number of benzene rings is 2. The highest BCUT2D eigenvalue weighted by Crippen LogP contribution is 2.27. The topological polar surface area (TPSA) is 85.8 Å². The summed E-state index contributed by atoms with van der Waals surface area (Å²) in [5.74, 6) is -1.05. The molecule has 7 nitrogen and oxygen atoms in total. The second-order valence-corrected chi connectivity index (χ2v) is 8.63. The van der Waals surface area contributed by atoms with Gasteiger partial charge in [-0.2, -0.15) is 0 Å². The zero-order chi connectivity index (χ0) is 23.5. The van der Waals surface area contributed by atoms with Gasteiger partial charge in [-0.3, -0.25) is 4.79 Å². The van der Waals surface area contributed by atoms with Crippen molar-refractivity contribution in [1.82, 2.24) is 4.98 Å². The predicted molar refractivity (Wildman–Crippen MR) is 131 cm³/mol. The Kier molecular flexibility index (Phi) is 6.51. The van der Waals surface area contributed by atoms with Gasteiger partial charge in [0.2, 0.25) is 0 Å². The van der Waals surface area contributed by atoms with Crippen molar-refractivity contribution < 1.29 is 14.7 Å². The van der Waals surface area contributed by atoms with Gasteiger partial charge in [-0.25, -0.2) is 9.78 Å². The molecule has 2 aromatic carbocycles. The van der Waals surface area contributed by atoms with Crippen LogP contribution in [0.25, 0.3) is 0 Å². The largest absolute Gasteiger partial charge is 0.478 e. The summed E-state index contributed by atoms with van der Waals surface area (Å²) >= 11 is 5.87. The summed E-state index contributed by atoms with van der Waals surface area (Å²) < 4.78 is 0. The summed E-state index contributed by atoms with van der Waals surface area (Å²) in [7, 11) is 0. The summed E-state index contributed by atoms with van der Waals surface area (Å²) in [4.78, 5) is 33.2. The summed E-state index contributed by atoms with van der Waals surface area (Å²) in [6.07, 6.45) is 1.49. The highest BCUT2D eigenvalue weighted by molar-refractivity contribution is 6.30. The van der Waals surface area contributed by atoms with Crippen LogP contribution in [0.5, 0.6) is 0 Å². The number of carbonyl (C=O) groups excluding carboxylic acids is 1. The van der Waals surface area contributed by atoms with Gasteiger partial charge in [-0.15, -0.1) is 0 Å². The number of anilines is 3. The van der Waals surface area contributed by atoms with Gasteiger partial charge in [0.1, 0.15) is 11.4 Å². The van der Waals surface area contributed by atoms with Crippen molar-refractivity contribution in [3.8, 4) is 0 Å². The number of rotatable bonds is 5. The van der Waals surface area contributed by atoms with E-state index >= 15 is 0 Å². The summed E-state index contributed by atoms with van der Waals surface area (Å²) in [6.45, 7) is 6.22. The molecule has 0 saturated carbocycles. The molecule has 1 atom stereocenters. The van der Waals surface area contributed by atoms with Crippen molar-refractivity contribution >= 4 is 40.7 Å². The zero-order valence-corrected chi connectivity index (χ0v) is 19.2. The van der Waals surface area contributed by atoms with Gasteiger partial charge in [0, 0.05) is 41.9 Å². The first-order chi connectivity index (χ1) is 15.8. The number of hydrogen-bond acceptors (Lipinski definition) is 5. The molecule has 1 amide bonds. The molecule has 4 rings (SSSR count). The fraction of sp³-hybridized carbons (Fsp3) is 0.240. The molecule has 2 heterocycles. The van der Waals surface area contributed by atoms with E-state index in [1.165, 1.54) is 17.8 Å². The van der Waals surface area contributed by atoms with Crippen LogP contribution in [0.1, 0.15) is 33.2 Å². The normalized spacial score (nSPS) is 15.9. The molecule has 0 bridgehead atoms. The molecular formula is C25H25ClN4O3. The molecule has 33 heavy (non-hydrogen) atoms. The van der Waals surface area contributed by atoms with Crippen LogP contribution in [0.2, 0.25) is 5.02 Å². The van der Waals surface area contributed by atoms with Gasteiger partial charge >= 0.3 is 5.97 Å². The Balaban J connectivity index is 1.52. The van der Waals surface area contributed by atoms with Crippen LogP contribution in [0.4, 0.5) is 17.2 Å². The lowest BCUT2D eigenvalue weighted by atomic mass is 10.1. The molecule has 0 radical (unpaired) electrons. The maximum atomic E-state index is 12.5. The van der Waals surface area contributed by atoms with Crippen molar-refractivity contribution in [2.75, 3.05) is 34.8 Å². The Labute approximate surface area is 197 Å². The van der Waals surface area contributed by atoms with Crippen molar-refractivity contribution in [1.29, 1.82) is 0 Å². The summed E-state index contributed by atoms with van der Waals surface area (Å²) in [6, 6.07) is 16.5. The fourth-order valence-corrected chi connectivity index (χ4v) is 4.21. The van der Waals surface area contributed by atoms with Crippen LogP contribution in [0, 0.1) is 6.92 Å². The number of aromatic nitrogens is 1. The summed E-state index contributed by atoms with van der Waals surface area (Å²) in [5.41, 5.74) is 3.16. The Morgan fingerprint density at radius 1 is 1.12 bits per heavy atom. The van der Waals surface area contributed by atoms with E-state index in [4.69, 9.17) is 11.6 Å². The number of aromatic carboxylic acids is 1. The zero-order valence-electron chi connectivity index (χ0n) is 18.5. The molecule has 1 aliphatic rings. The van der Waals surface area contributed by atoms with Gasteiger partial charge < -0.3 is 20.2 Å². The number of halogens is 1. The van der Waals surface area contributed by atoms with Gasteiger partial charge in [-0.05, 0) is 61.9 Å². The number of carboxylic acids is 1. The van der Waals surface area contributed by atoms with E-state index in [9.17, 15) is 14.7 Å². The molecule has 1 fully saturated rings. The van der Waals surface area contributed by atoms with E-state index in [0.717, 1.165) is 12.2 Å². The lowest BCUT2D eigenvalue weighted by Crippen LogP contribution is -2.52. The van der Waals surface area contributed by atoms with Gasteiger partial charge in [0.05, 0.1) is 11.9 Å². The molecule has 0 spiro atoms. The van der Waals surface area contributed by atoms with Crippen molar-refractivity contribution in [3.63, 3.8) is 0 Å². The van der Waals surface area contributed by atoms with Gasteiger partial charge in [0.15, 0.2) is 0 Å². The first kappa shape index (κ1) is 22.6. The lowest BCUT2D eigenvalue weighted by Gasteiger charge is -2.42. The lowest BCUT2D eigenvalue weighted by molar-refractivity contribution is 0.0696. The van der Waals surface area contributed by atoms with Crippen LogP contribution in [0.3, 0.4) is 0 Å². The smallest absolute Gasteiger partial charge is 0.339 e. The van der Waals surface area contributed by atoms with E-state index in [1.807, 2.05) is 11.0 Å². The second-order valence-electron chi connectivity index (χ2n) is 8.19. The SMILES string of the molecule is Cc1cccc(N2CCN(c3ncc(NC(=O)c4ccc(Cl)cc4)cc3C(=O)O)C[C@@H]2C)c1. The van der Waals surface area contributed by atoms with Gasteiger partial charge in [-0.1, -0.05) is 23.7 Å². The number of carboxylic acid groups (broad SMARTS) is 1. The number of piperazine rings is 1. The van der Waals surface area contributed by atoms with E-state index < -0.39 is 5.97 Å². The molecule has 8 heteroatoms. The van der Waals surface area contributed by atoms with E-state index in [2.05, 4.69) is 47.2 Å². The first-order valence-corrected chi connectivity index (χ1v) is 11.1. The molecule has 3 aromatic rings. The molecule has 0 unspecified atom stereocenters. The quantitative estimate of drug-likeness (QED) is 0.568. The average Bonchev–Trinajstić information content (AvgIpc) is 2.79. The van der Waals surface area contributed by atoms with Crippen LogP contribution >= 0.6 is 11.6 Å². The van der Waals surface area contributed by atoms with Crippen molar-refractivity contribution in [2.24, 2.45) is 0 Å². The fourth-order valence-electron chi connectivity index (χ4n) is 4.08. The number of hydrogen-bond donors (Lipinski definition) is 2. The molecule has 1 saturated heterocycles. The van der Waals surface area contributed by atoms with Crippen LogP contribution in [-0.2, 0) is 0 Å². The molecule has 0 aliphatic carbocycles. The van der Waals surface area contributed by atoms with Crippen LogP contribution in [-0.4, -0.2) is 47.6 Å². The monoisotopic (exact) mass is 464 g/mol. The number of pyridine rings is 1. The van der Waals surface area contributed by atoms with E-state index in [-0.39, 0.29) is 17.5 Å². The predicted octanol–water partition coefficient (Wildman–Crippen LogP) is 4.71. The number of amides is 1. The Morgan fingerprint density at radius 2 is 1.88 bits per heavy atom. The molecular weight excluding hydrogens is 440 g/mol. The Hall–Kier alpha value is -3.58. The maximum Gasteiger partial charge on any atom is 0.339 e. The number of nitrogens with zero attached hydrogens (tertiary/aromatic N) is 3. The highest BCUT2D eigenvalue weighted by Gasteiger charge is 2.28. The third kappa shape index (κ3) is 5.09. The highest BCUT2D eigenvalue weighted by atomic mass is 35.5. The van der Waals surface area contributed by atoms with Crippen molar-refractivity contribution in [2.45, 2.75) is 19.9 Å². The standard InChI is InChI=1S/C25H25ClN4O3/c1-16-4-3-5-21(12-16)30-11-10-29(15-17(30)2)23-22(25(32)33)13-20(14-27-23)28-24(31)18-6-8-19(26)9-7-18/h3-9,12-14,17H,10-11,15H2,1-2H3,(H,28,31)(H,32,33)/t17-/m0/s1. The second kappa shape index (κ2) is 9.50. The average molecular weight is 465 g/mol. The molecule has 2 N–H and O–H groups in total. The molecule has 170 valence electrons. The van der Waals surface area contributed by atoms with Gasteiger partial charge in [0.25, 0.3) is 5.91 Å². The first-order valence-electron chi connectivity index (χ1n) is 10.7. The molecule has 1 aromatic heterocycles. The Morgan fingerprint density at radius 3 is 2.55 bits per heavy atom. The third-order valence-corrected chi connectivity index (χ3v) is 5.97. The number of aryl methyl sites for hydroxylation is 1. The van der Waals surface area contributed by atoms with Crippen molar-refractivity contribution in [3.05, 3.63) is 82.5 Å². The minimum Gasteiger partial charge on any atom is -0.478 e. The van der Waals surface area contributed by atoms with Crippen LogP contribution in [0.15, 0.2) is 60.8 Å². The van der Waals surface area contributed by atoms with E-state index in [0.29, 0.717) is 35.2 Å². The van der Waals surface area contributed by atoms with E-state index in [1.54, 1.807) is 24.3 Å². The van der Waals surface area contributed by atoms with Crippen LogP contribution < -0.4 is 15.1 Å². The number of nitrogens with one attached hydrogen (secondary N) is 1. The molecule has 1 aliphatic heterocycles. The maximum absolute atomic E-state index is 12.5. The minimum absolute atomic E-state index is 0.0557. The minimum atomic E-state index is -1.09. The summed E-state index contributed by atoms with van der Waals surface area (Å²) in [5, 5.41) is 13.1. The number of carbonyl (C=O) groups is 2. The Bertz CT molecular complexity index is 1180. The third-order valence-electron chi connectivity index (χ3n) is 5.72.